The molecule has 0 spiro atoms. The fourth-order valence-corrected chi connectivity index (χ4v) is 2.71. The lowest BCUT2D eigenvalue weighted by molar-refractivity contribution is 0.0949. The maximum Gasteiger partial charge on any atom is 0.251 e. The van der Waals surface area contributed by atoms with E-state index in [4.69, 9.17) is 4.74 Å². The fourth-order valence-electron chi connectivity index (χ4n) is 2.71. The van der Waals surface area contributed by atoms with Crippen LogP contribution in [0.25, 0.3) is 5.65 Å². The molecule has 6 nitrogen and oxygen atoms in total. The van der Waals surface area contributed by atoms with E-state index in [0.717, 1.165) is 17.9 Å². The number of amides is 1. The summed E-state index contributed by atoms with van der Waals surface area (Å²) in [6, 6.07) is 13.3. The molecular weight excluding hydrogens is 399 g/mol. The van der Waals surface area contributed by atoms with Crippen LogP contribution in [0.1, 0.15) is 29.9 Å². The first-order valence-electron chi connectivity index (χ1n) is 8.82. The molecule has 1 aromatic carbocycles. The van der Waals surface area contributed by atoms with E-state index in [1.165, 1.54) is 0 Å². The second-order valence-electron chi connectivity index (χ2n) is 6.18. The minimum Gasteiger partial charge on any atom is -0.487 e. The zero-order valence-corrected chi connectivity index (χ0v) is 17.6. The number of rotatable bonds is 8. The van der Waals surface area contributed by atoms with E-state index >= 15 is 0 Å². The molecule has 0 aliphatic heterocycles. The first-order chi connectivity index (χ1) is 12.7. The molecule has 0 radical (unpaired) electrons. The molecular formula is C20H26Cl2N4O2. The molecule has 3 rings (SSSR count). The molecule has 0 saturated heterocycles. The molecule has 3 aromatic rings. The quantitative estimate of drug-likeness (QED) is 0.580. The van der Waals surface area contributed by atoms with Gasteiger partial charge in [0.15, 0.2) is 0 Å². The van der Waals surface area contributed by atoms with Gasteiger partial charge in [-0.25, -0.2) is 4.98 Å². The number of nitrogens with zero attached hydrogens (tertiary/aromatic N) is 2. The molecule has 0 fully saturated rings. The van der Waals surface area contributed by atoms with Gasteiger partial charge in [-0.1, -0.05) is 19.1 Å². The highest BCUT2D eigenvalue weighted by Crippen LogP contribution is 2.15. The smallest absolute Gasteiger partial charge is 0.251 e. The van der Waals surface area contributed by atoms with Crippen molar-refractivity contribution in [2.75, 3.05) is 13.1 Å². The first-order valence-corrected chi connectivity index (χ1v) is 8.82. The van der Waals surface area contributed by atoms with Gasteiger partial charge in [-0.3, -0.25) is 4.79 Å². The van der Waals surface area contributed by atoms with Gasteiger partial charge in [0.2, 0.25) is 0 Å². The van der Waals surface area contributed by atoms with Crippen molar-refractivity contribution in [2.45, 2.75) is 26.5 Å². The minimum absolute atomic E-state index is 0. The summed E-state index contributed by atoms with van der Waals surface area (Å²) in [5.74, 6) is 0.544. The highest BCUT2D eigenvalue weighted by Gasteiger charge is 2.09. The number of imidazole rings is 1. The van der Waals surface area contributed by atoms with Gasteiger partial charge < -0.3 is 19.8 Å². The van der Waals surface area contributed by atoms with Crippen LogP contribution in [0.2, 0.25) is 0 Å². The van der Waals surface area contributed by atoms with Crippen molar-refractivity contribution in [3.8, 4) is 5.75 Å². The lowest BCUT2D eigenvalue weighted by atomic mass is 10.2. The average Bonchev–Trinajstić information content (AvgIpc) is 3.08. The summed E-state index contributed by atoms with van der Waals surface area (Å²) in [5.41, 5.74) is 2.31. The molecule has 0 saturated carbocycles. The second-order valence-corrected chi connectivity index (χ2v) is 6.18. The van der Waals surface area contributed by atoms with Crippen LogP contribution in [0, 0.1) is 0 Å². The molecule has 2 N–H and O–H groups in total. The molecule has 0 aliphatic rings. The Morgan fingerprint density at radius 1 is 1.21 bits per heavy atom. The Morgan fingerprint density at radius 3 is 2.79 bits per heavy atom. The lowest BCUT2D eigenvalue weighted by Gasteiger charge is -2.13. The van der Waals surface area contributed by atoms with Crippen LogP contribution in [0.3, 0.4) is 0 Å². The normalized spacial score (nSPS) is 11.2. The number of hydrogen-bond donors (Lipinski definition) is 2. The SMILES string of the molecule is CCN[C@H](C)CNC(=O)c1cccc(OCc2cn3ccccc3n2)c1.Cl.Cl. The van der Waals surface area contributed by atoms with Crippen molar-refractivity contribution in [3.63, 3.8) is 0 Å². The third-order valence-corrected chi connectivity index (χ3v) is 4.02. The monoisotopic (exact) mass is 424 g/mol. The molecule has 0 aliphatic carbocycles. The zero-order chi connectivity index (χ0) is 18.4. The van der Waals surface area contributed by atoms with Gasteiger partial charge in [0.05, 0.1) is 5.69 Å². The highest BCUT2D eigenvalue weighted by atomic mass is 35.5. The van der Waals surface area contributed by atoms with Crippen LogP contribution >= 0.6 is 24.8 Å². The molecule has 1 atom stereocenters. The summed E-state index contributed by atoms with van der Waals surface area (Å²) in [6.45, 7) is 5.90. The third-order valence-electron chi connectivity index (χ3n) is 4.02. The van der Waals surface area contributed by atoms with Crippen molar-refractivity contribution in [3.05, 3.63) is 66.1 Å². The van der Waals surface area contributed by atoms with E-state index in [2.05, 4.69) is 15.6 Å². The fraction of sp³-hybridized carbons (Fsp3) is 0.300. The largest absolute Gasteiger partial charge is 0.487 e. The molecule has 8 heteroatoms. The number of halogens is 2. The number of carbonyl (C=O) groups excluding carboxylic acids is 1. The summed E-state index contributed by atoms with van der Waals surface area (Å²) >= 11 is 0. The Bertz CT molecular complexity index is 852. The Hall–Kier alpha value is -2.28. The van der Waals surface area contributed by atoms with Crippen LogP contribution in [0.4, 0.5) is 0 Å². The summed E-state index contributed by atoms with van der Waals surface area (Å²) in [6.07, 6.45) is 3.89. The van der Waals surface area contributed by atoms with Crippen molar-refractivity contribution < 1.29 is 9.53 Å². The predicted molar refractivity (Wildman–Crippen MR) is 116 cm³/mol. The van der Waals surface area contributed by atoms with Crippen molar-refractivity contribution in [2.24, 2.45) is 0 Å². The van der Waals surface area contributed by atoms with Gasteiger partial charge in [-0.05, 0) is 43.8 Å². The van der Waals surface area contributed by atoms with Gasteiger partial charge in [0.25, 0.3) is 5.91 Å². The van der Waals surface area contributed by atoms with Crippen LogP contribution in [0.15, 0.2) is 54.9 Å². The van der Waals surface area contributed by atoms with E-state index in [9.17, 15) is 4.79 Å². The standard InChI is InChI=1S/C20H24N4O2.2ClH/c1-3-21-15(2)12-22-20(25)16-7-6-8-18(11-16)26-14-17-13-24-10-5-4-9-19(24)23-17;;/h4-11,13,15,21H,3,12,14H2,1-2H3,(H,22,25);2*1H/t15-;;/m1../s1. The van der Waals surface area contributed by atoms with Crippen LogP contribution in [0.5, 0.6) is 5.75 Å². The molecule has 0 bridgehead atoms. The third kappa shape index (κ3) is 6.41. The molecule has 2 aromatic heterocycles. The molecule has 2 heterocycles. The Labute approximate surface area is 177 Å². The maximum atomic E-state index is 12.3. The van der Waals surface area contributed by atoms with Crippen molar-refractivity contribution in [1.29, 1.82) is 0 Å². The van der Waals surface area contributed by atoms with Crippen molar-refractivity contribution >= 4 is 36.4 Å². The predicted octanol–water partition coefficient (Wildman–Crippen LogP) is 3.48. The maximum absolute atomic E-state index is 12.3. The van der Waals surface area contributed by atoms with Crippen LogP contribution < -0.4 is 15.4 Å². The van der Waals surface area contributed by atoms with Gasteiger partial charge >= 0.3 is 0 Å². The van der Waals surface area contributed by atoms with E-state index in [1.54, 1.807) is 12.1 Å². The number of aromatic nitrogens is 2. The van der Waals surface area contributed by atoms with Gasteiger partial charge in [-0.15, -0.1) is 24.8 Å². The average molecular weight is 425 g/mol. The summed E-state index contributed by atoms with van der Waals surface area (Å²) in [7, 11) is 0. The van der Waals surface area contributed by atoms with E-state index in [1.807, 2.05) is 61.0 Å². The van der Waals surface area contributed by atoms with Crippen LogP contribution in [-0.2, 0) is 6.61 Å². The molecule has 28 heavy (non-hydrogen) atoms. The van der Waals surface area contributed by atoms with E-state index < -0.39 is 0 Å². The van der Waals surface area contributed by atoms with Crippen molar-refractivity contribution in [1.82, 2.24) is 20.0 Å². The Morgan fingerprint density at radius 2 is 2.04 bits per heavy atom. The number of likely N-dealkylation sites (N-methyl/N-ethyl adjacent to an activating group) is 1. The number of nitrogens with one attached hydrogen (secondary N) is 2. The minimum atomic E-state index is -0.104. The summed E-state index contributed by atoms with van der Waals surface area (Å²) < 4.78 is 7.76. The number of hydrogen-bond acceptors (Lipinski definition) is 4. The number of carbonyl (C=O) groups is 1. The topological polar surface area (TPSA) is 67.7 Å². The van der Waals surface area contributed by atoms with Gasteiger partial charge in [-0.2, -0.15) is 0 Å². The molecule has 1 amide bonds. The Balaban J connectivity index is 0.00000196. The van der Waals surface area contributed by atoms with Gasteiger partial charge in [0, 0.05) is 30.5 Å². The van der Waals surface area contributed by atoms with Crippen LogP contribution in [-0.4, -0.2) is 34.4 Å². The highest BCUT2D eigenvalue weighted by molar-refractivity contribution is 5.94. The van der Waals surface area contributed by atoms with Gasteiger partial charge in [0.1, 0.15) is 18.0 Å². The number of fused-ring (bicyclic) bond motifs is 1. The van der Waals surface area contributed by atoms with E-state index in [-0.39, 0.29) is 36.8 Å². The molecule has 0 unspecified atom stereocenters. The van der Waals surface area contributed by atoms with E-state index in [0.29, 0.717) is 24.5 Å². The summed E-state index contributed by atoms with van der Waals surface area (Å²) in [5, 5.41) is 6.19. The lowest BCUT2D eigenvalue weighted by Crippen LogP contribution is -2.38. The number of ether oxygens (including phenoxy) is 1. The molecule has 152 valence electrons. The zero-order valence-electron chi connectivity index (χ0n) is 15.9. The summed E-state index contributed by atoms with van der Waals surface area (Å²) in [4.78, 5) is 16.8. The first kappa shape index (κ1) is 23.8. The Kier molecular flexibility index (Phi) is 9.79. The number of benzene rings is 1. The second kappa shape index (κ2) is 11.5. The number of pyridine rings is 1.